The van der Waals surface area contributed by atoms with E-state index in [-0.39, 0.29) is 17.6 Å². The van der Waals surface area contributed by atoms with Crippen molar-refractivity contribution >= 4 is 40.9 Å². The Balaban J connectivity index is 1.83. The number of rotatable bonds is 4. The molecular formula is C10H10ClN5OS. The van der Waals surface area contributed by atoms with Gasteiger partial charge in [0.2, 0.25) is 17.0 Å². The number of nitrogens with one attached hydrogen (secondary N) is 2. The summed E-state index contributed by atoms with van der Waals surface area (Å²) in [6.45, 7) is 0. The molecule has 1 aromatic carbocycles. The highest BCUT2D eigenvalue weighted by atomic mass is 35.5. The summed E-state index contributed by atoms with van der Waals surface area (Å²) in [5.41, 5.74) is 6.06. The van der Waals surface area contributed by atoms with Crippen molar-refractivity contribution in [1.82, 2.24) is 15.2 Å². The lowest BCUT2D eigenvalue weighted by molar-refractivity contribution is -0.113. The van der Waals surface area contributed by atoms with Crippen LogP contribution in [0.5, 0.6) is 0 Å². The SMILES string of the molecule is Nc1nc(SCC(=O)Nc2ccc(Cl)cc2)n[nH]1. The number of hydrogen-bond donors (Lipinski definition) is 3. The Morgan fingerprint density at radius 2 is 2.17 bits per heavy atom. The summed E-state index contributed by atoms with van der Waals surface area (Å²) in [6, 6.07) is 6.88. The topological polar surface area (TPSA) is 96.7 Å². The Labute approximate surface area is 112 Å². The molecule has 1 amide bonds. The Hall–Kier alpha value is -1.73. The van der Waals surface area contributed by atoms with Crippen LogP contribution < -0.4 is 11.1 Å². The lowest BCUT2D eigenvalue weighted by atomic mass is 10.3. The summed E-state index contributed by atoms with van der Waals surface area (Å²) in [7, 11) is 0. The number of anilines is 2. The molecule has 0 aliphatic carbocycles. The molecule has 0 saturated carbocycles. The van der Waals surface area contributed by atoms with Gasteiger partial charge in [-0.2, -0.15) is 4.98 Å². The zero-order chi connectivity index (χ0) is 13.0. The number of nitrogens with two attached hydrogens (primary N) is 1. The minimum atomic E-state index is -0.148. The average Bonchev–Trinajstić information content (AvgIpc) is 2.76. The van der Waals surface area contributed by atoms with Crippen molar-refractivity contribution in [2.24, 2.45) is 0 Å². The number of nitrogens with zero attached hydrogens (tertiary/aromatic N) is 2. The fourth-order valence-electron chi connectivity index (χ4n) is 1.18. The van der Waals surface area contributed by atoms with Crippen molar-refractivity contribution in [2.45, 2.75) is 5.16 Å². The van der Waals surface area contributed by atoms with Crippen molar-refractivity contribution in [1.29, 1.82) is 0 Å². The van der Waals surface area contributed by atoms with E-state index in [0.717, 1.165) is 0 Å². The van der Waals surface area contributed by atoms with Crippen LogP contribution >= 0.6 is 23.4 Å². The van der Waals surface area contributed by atoms with E-state index < -0.39 is 0 Å². The van der Waals surface area contributed by atoms with Gasteiger partial charge in [0.25, 0.3) is 0 Å². The first-order valence-electron chi connectivity index (χ1n) is 4.99. The molecule has 94 valence electrons. The van der Waals surface area contributed by atoms with Crippen molar-refractivity contribution in [2.75, 3.05) is 16.8 Å². The van der Waals surface area contributed by atoms with Gasteiger partial charge < -0.3 is 11.1 Å². The second-order valence-electron chi connectivity index (χ2n) is 3.35. The summed E-state index contributed by atoms with van der Waals surface area (Å²) in [4.78, 5) is 15.5. The van der Waals surface area contributed by atoms with E-state index in [4.69, 9.17) is 17.3 Å². The lowest BCUT2D eigenvalue weighted by Crippen LogP contribution is -2.13. The number of hydrogen-bond acceptors (Lipinski definition) is 5. The Morgan fingerprint density at radius 1 is 1.44 bits per heavy atom. The van der Waals surface area contributed by atoms with Crippen molar-refractivity contribution in [3.63, 3.8) is 0 Å². The number of halogens is 1. The highest BCUT2D eigenvalue weighted by Gasteiger charge is 2.06. The summed E-state index contributed by atoms with van der Waals surface area (Å²) >= 11 is 6.94. The van der Waals surface area contributed by atoms with E-state index in [1.54, 1.807) is 24.3 Å². The van der Waals surface area contributed by atoms with Crippen LogP contribution in [0.3, 0.4) is 0 Å². The summed E-state index contributed by atoms with van der Waals surface area (Å²) in [6.07, 6.45) is 0. The largest absolute Gasteiger partial charge is 0.368 e. The minimum Gasteiger partial charge on any atom is -0.368 e. The molecule has 0 saturated heterocycles. The van der Waals surface area contributed by atoms with E-state index in [1.165, 1.54) is 11.8 Å². The molecule has 0 bridgehead atoms. The third-order valence-electron chi connectivity index (χ3n) is 1.94. The summed E-state index contributed by atoms with van der Waals surface area (Å²) in [5.74, 6) is 0.293. The maximum atomic E-state index is 11.6. The van der Waals surface area contributed by atoms with Gasteiger partial charge in [-0.25, -0.2) is 5.10 Å². The van der Waals surface area contributed by atoms with Gasteiger partial charge in [-0.1, -0.05) is 23.4 Å². The van der Waals surface area contributed by atoms with Crippen LogP contribution in [0, 0.1) is 0 Å². The van der Waals surface area contributed by atoms with Gasteiger partial charge in [0.1, 0.15) is 0 Å². The van der Waals surface area contributed by atoms with E-state index in [1.807, 2.05) is 0 Å². The van der Waals surface area contributed by atoms with E-state index in [9.17, 15) is 4.79 Å². The normalized spacial score (nSPS) is 10.3. The zero-order valence-corrected chi connectivity index (χ0v) is 10.8. The van der Waals surface area contributed by atoms with Gasteiger partial charge in [-0.3, -0.25) is 4.79 Å². The van der Waals surface area contributed by atoms with Gasteiger partial charge >= 0.3 is 0 Å². The first-order chi connectivity index (χ1) is 8.63. The molecule has 0 spiro atoms. The van der Waals surface area contributed by atoms with Crippen LogP contribution in [0.2, 0.25) is 5.02 Å². The van der Waals surface area contributed by atoms with Gasteiger partial charge in [0.05, 0.1) is 5.75 Å². The first-order valence-corrected chi connectivity index (χ1v) is 6.36. The molecule has 0 atom stereocenters. The quantitative estimate of drug-likeness (QED) is 0.743. The number of nitrogen functional groups attached to an aromatic ring is 1. The van der Waals surface area contributed by atoms with E-state index in [0.29, 0.717) is 15.9 Å². The molecule has 1 aromatic heterocycles. The molecule has 18 heavy (non-hydrogen) atoms. The highest BCUT2D eigenvalue weighted by molar-refractivity contribution is 7.99. The highest BCUT2D eigenvalue weighted by Crippen LogP contribution is 2.15. The van der Waals surface area contributed by atoms with Crippen LogP contribution in [0.15, 0.2) is 29.4 Å². The number of H-pyrrole nitrogens is 1. The molecule has 0 aliphatic rings. The lowest BCUT2D eigenvalue weighted by Gasteiger charge is -2.03. The van der Waals surface area contributed by atoms with Gasteiger partial charge in [-0.15, -0.1) is 5.10 Å². The van der Waals surface area contributed by atoms with Gasteiger partial charge in [-0.05, 0) is 24.3 Å². The average molecular weight is 284 g/mol. The number of aromatic nitrogens is 3. The predicted octanol–water partition coefficient (Wildman–Crippen LogP) is 1.77. The van der Waals surface area contributed by atoms with E-state index >= 15 is 0 Å². The molecule has 0 unspecified atom stereocenters. The molecule has 0 radical (unpaired) electrons. The third-order valence-corrected chi connectivity index (χ3v) is 3.04. The molecule has 2 rings (SSSR count). The van der Waals surface area contributed by atoms with Crippen molar-refractivity contribution in [3.05, 3.63) is 29.3 Å². The zero-order valence-electron chi connectivity index (χ0n) is 9.18. The van der Waals surface area contributed by atoms with Crippen LogP contribution in [0.1, 0.15) is 0 Å². The number of carbonyl (C=O) groups excluding carboxylic acids is 1. The van der Waals surface area contributed by atoms with Crippen LogP contribution in [-0.4, -0.2) is 26.8 Å². The number of carbonyl (C=O) groups is 1. The number of amides is 1. The smallest absolute Gasteiger partial charge is 0.234 e. The second-order valence-corrected chi connectivity index (χ2v) is 4.73. The fourth-order valence-corrected chi connectivity index (χ4v) is 1.91. The van der Waals surface area contributed by atoms with Gasteiger partial charge in [0, 0.05) is 10.7 Å². The predicted molar refractivity (Wildman–Crippen MR) is 71.6 cm³/mol. The summed E-state index contributed by atoms with van der Waals surface area (Å²) in [5, 5.41) is 10.1. The fraction of sp³-hybridized carbons (Fsp3) is 0.100. The van der Waals surface area contributed by atoms with Crippen molar-refractivity contribution in [3.8, 4) is 0 Å². The molecule has 1 heterocycles. The van der Waals surface area contributed by atoms with Crippen LogP contribution in [-0.2, 0) is 4.79 Å². The minimum absolute atomic E-state index is 0.148. The molecular weight excluding hydrogens is 274 g/mol. The Morgan fingerprint density at radius 3 is 2.78 bits per heavy atom. The second kappa shape index (κ2) is 5.74. The maximum Gasteiger partial charge on any atom is 0.234 e. The Bertz CT molecular complexity index is 541. The third kappa shape index (κ3) is 3.64. The number of thioether (sulfide) groups is 1. The molecule has 6 nitrogen and oxygen atoms in total. The monoisotopic (exact) mass is 283 g/mol. The molecule has 2 aromatic rings. The standard InChI is InChI=1S/C10H10ClN5OS/c11-6-1-3-7(4-2-6)13-8(17)5-18-10-14-9(12)15-16-10/h1-4H,5H2,(H,13,17)(H3,12,14,15,16). The maximum absolute atomic E-state index is 11.6. The number of aromatic amines is 1. The first kappa shape index (κ1) is 12.7. The van der Waals surface area contributed by atoms with Crippen LogP contribution in [0.4, 0.5) is 11.6 Å². The van der Waals surface area contributed by atoms with Crippen molar-refractivity contribution < 1.29 is 4.79 Å². The Kier molecular flexibility index (Phi) is 4.06. The van der Waals surface area contributed by atoms with Crippen LogP contribution in [0.25, 0.3) is 0 Å². The summed E-state index contributed by atoms with van der Waals surface area (Å²) < 4.78 is 0. The molecule has 0 aliphatic heterocycles. The van der Waals surface area contributed by atoms with E-state index in [2.05, 4.69) is 20.5 Å². The molecule has 0 fully saturated rings. The van der Waals surface area contributed by atoms with Gasteiger partial charge in [0.15, 0.2) is 0 Å². The number of benzene rings is 1. The molecule has 4 N–H and O–H groups in total. The molecule has 8 heteroatoms.